The SMILES string of the molecule is CC/C=C\C/C=C\C/C=C\C/C=C\C/C=C\C/C=C\CCCCC(=O)OCC(COC(=O)CCCCCCCCCCCCCCCCCCCCC)OC(=O)CCCCC/C=C\C/C=C\C/C=C\C/C=C\C/C=C\CC. The molecule has 0 aliphatic heterocycles. The first-order valence-corrected chi connectivity index (χ1v) is 31.7. The summed E-state index contributed by atoms with van der Waals surface area (Å²) in [6.07, 6.45) is 90.2. The maximum atomic E-state index is 12.9. The van der Waals surface area contributed by atoms with Crippen LogP contribution in [-0.2, 0) is 28.6 Å². The first kappa shape index (κ1) is 72.5. The highest BCUT2D eigenvalue weighted by atomic mass is 16.6. The van der Waals surface area contributed by atoms with Gasteiger partial charge in [-0.15, -0.1) is 0 Å². The molecule has 0 aromatic heterocycles. The van der Waals surface area contributed by atoms with Gasteiger partial charge in [0.1, 0.15) is 13.2 Å². The van der Waals surface area contributed by atoms with Gasteiger partial charge in [0.2, 0.25) is 0 Å². The van der Waals surface area contributed by atoms with Gasteiger partial charge in [-0.3, -0.25) is 14.4 Å². The summed E-state index contributed by atoms with van der Waals surface area (Å²) in [5.74, 6) is -0.981. The van der Waals surface area contributed by atoms with Crippen molar-refractivity contribution in [3.8, 4) is 0 Å². The molecule has 6 heteroatoms. The second-order valence-corrected chi connectivity index (χ2v) is 20.6. The van der Waals surface area contributed by atoms with Crippen LogP contribution in [0.2, 0.25) is 0 Å². The van der Waals surface area contributed by atoms with Crippen LogP contribution in [0.3, 0.4) is 0 Å². The lowest BCUT2D eigenvalue weighted by Gasteiger charge is -2.18. The molecule has 6 nitrogen and oxygen atoms in total. The second kappa shape index (κ2) is 64.1. The Labute approximate surface area is 475 Å². The summed E-state index contributed by atoms with van der Waals surface area (Å²) in [5.41, 5.74) is 0. The van der Waals surface area contributed by atoms with Crippen LogP contribution in [-0.4, -0.2) is 37.2 Å². The first-order chi connectivity index (χ1) is 38.0. The molecule has 1 atom stereocenters. The molecule has 77 heavy (non-hydrogen) atoms. The van der Waals surface area contributed by atoms with Crippen LogP contribution in [0.5, 0.6) is 0 Å². The molecule has 0 N–H and O–H groups in total. The molecule has 0 bridgehead atoms. The highest BCUT2D eigenvalue weighted by Crippen LogP contribution is 2.16. The fraction of sp³-hybridized carbons (Fsp3) is 0.648. The molecule has 1 unspecified atom stereocenters. The maximum absolute atomic E-state index is 12.9. The van der Waals surface area contributed by atoms with Crippen molar-refractivity contribution in [2.45, 2.75) is 284 Å². The molecular formula is C71H116O6. The summed E-state index contributed by atoms with van der Waals surface area (Å²) in [7, 11) is 0. The molecule has 0 rings (SSSR count). The molecule has 436 valence electrons. The number of hydrogen-bond donors (Lipinski definition) is 0. The van der Waals surface area contributed by atoms with Crippen molar-refractivity contribution in [1.82, 2.24) is 0 Å². The van der Waals surface area contributed by atoms with Crippen molar-refractivity contribution in [2.24, 2.45) is 0 Å². The van der Waals surface area contributed by atoms with Crippen LogP contribution in [0.4, 0.5) is 0 Å². The summed E-state index contributed by atoms with van der Waals surface area (Å²) in [5, 5.41) is 0. The van der Waals surface area contributed by atoms with Gasteiger partial charge >= 0.3 is 17.9 Å². The number of carbonyl (C=O) groups excluding carboxylic acids is 3. The molecular weight excluding hydrogens is 949 g/mol. The predicted octanol–water partition coefficient (Wildman–Crippen LogP) is 21.8. The van der Waals surface area contributed by atoms with Crippen LogP contribution in [0, 0.1) is 0 Å². The van der Waals surface area contributed by atoms with Gasteiger partial charge in [-0.1, -0.05) is 276 Å². The normalized spacial score (nSPS) is 13.0. The smallest absolute Gasteiger partial charge is 0.306 e. The van der Waals surface area contributed by atoms with Gasteiger partial charge in [-0.25, -0.2) is 0 Å². The molecule has 0 amide bonds. The van der Waals surface area contributed by atoms with E-state index in [1.165, 1.54) is 103 Å². The van der Waals surface area contributed by atoms with Gasteiger partial charge < -0.3 is 14.2 Å². The number of carbonyl (C=O) groups is 3. The fourth-order valence-electron chi connectivity index (χ4n) is 8.47. The monoisotopic (exact) mass is 1060 g/mol. The van der Waals surface area contributed by atoms with Crippen molar-refractivity contribution < 1.29 is 28.6 Å². The van der Waals surface area contributed by atoms with Gasteiger partial charge in [-0.2, -0.15) is 0 Å². The molecule has 0 aromatic carbocycles. The van der Waals surface area contributed by atoms with Crippen molar-refractivity contribution in [3.05, 3.63) is 134 Å². The van der Waals surface area contributed by atoms with E-state index in [0.717, 1.165) is 122 Å². The second-order valence-electron chi connectivity index (χ2n) is 20.6. The summed E-state index contributed by atoms with van der Waals surface area (Å²) in [4.78, 5) is 38.3. The Morgan fingerprint density at radius 3 is 0.818 bits per heavy atom. The summed E-state index contributed by atoms with van der Waals surface area (Å²) < 4.78 is 16.9. The lowest BCUT2D eigenvalue weighted by Crippen LogP contribution is -2.30. The van der Waals surface area contributed by atoms with E-state index in [9.17, 15) is 14.4 Å². The minimum absolute atomic E-state index is 0.107. The van der Waals surface area contributed by atoms with Gasteiger partial charge in [0.05, 0.1) is 0 Å². The van der Waals surface area contributed by atoms with E-state index < -0.39 is 6.10 Å². The number of allylic oxidation sites excluding steroid dienone is 22. The van der Waals surface area contributed by atoms with Crippen molar-refractivity contribution >= 4 is 17.9 Å². The average Bonchev–Trinajstić information content (AvgIpc) is 3.43. The zero-order valence-electron chi connectivity index (χ0n) is 49.9. The minimum Gasteiger partial charge on any atom is -0.462 e. The molecule has 0 spiro atoms. The van der Waals surface area contributed by atoms with Crippen LogP contribution >= 0.6 is 0 Å². The van der Waals surface area contributed by atoms with E-state index in [4.69, 9.17) is 14.2 Å². The Morgan fingerprint density at radius 1 is 0.273 bits per heavy atom. The molecule has 0 saturated heterocycles. The van der Waals surface area contributed by atoms with Crippen LogP contribution in [0.25, 0.3) is 0 Å². The molecule has 0 heterocycles. The number of hydrogen-bond acceptors (Lipinski definition) is 6. The van der Waals surface area contributed by atoms with Crippen LogP contribution in [0.1, 0.15) is 278 Å². The zero-order valence-corrected chi connectivity index (χ0v) is 49.9. The lowest BCUT2D eigenvalue weighted by molar-refractivity contribution is -0.167. The molecule has 0 aromatic rings. The van der Waals surface area contributed by atoms with Crippen LogP contribution in [0.15, 0.2) is 134 Å². The topological polar surface area (TPSA) is 78.9 Å². The standard InChI is InChI=1S/C71H116O6/c1-4-7-10-13-16-19-22-25-28-31-34-35-38-40-43-46-49-52-55-58-61-64-70(73)76-67-68(77-71(74)65-62-59-56-53-50-47-44-41-37-33-30-27-24-21-18-15-12-9-6-3)66-75-69(72)63-60-57-54-51-48-45-42-39-36-32-29-26-23-20-17-14-11-8-5-2/h7,9-10,12,16,18-19,21,25,27-28,30,34-35,37,40-41,43,47,49-50,52,68H,4-6,8,11,13-15,17,20,22-24,26,29,31-33,36,38-39,42,44-46,48,51,53-67H2,1-3H3/b10-7-,12-9-,19-16-,21-18-,28-25-,30-27-,35-34-,41-37-,43-40-,50-47-,52-49-. The van der Waals surface area contributed by atoms with Gasteiger partial charge in [0, 0.05) is 19.3 Å². The van der Waals surface area contributed by atoms with E-state index in [1.807, 2.05) is 0 Å². The largest absolute Gasteiger partial charge is 0.462 e. The lowest BCUT2D eigenvalue weighted by atomic mass is 10.0. The Hall–Kier alpha value is -4.45. The quantitative estimate of drug-likeness (QED) is 0.0261. The summed E-state index contributed by atoms with van der Waals surface area (Å²) >= 11 is 0. The van der Waals surface area contributed by atoms with Crippen molar-refractivity contribution in [3.63, 3.8) is 0 Å². The fourth-order valence-corrected chi connectivity index (χ4v) is 8.47. The Bertz CT molecular complexity index is 1650. The van der Waals surface area contributed by atoms with Gasteiger partial charge in [-0.05, 0) is 116 Å². The molecule has 0 fully saturated rings. The van der Waals surface area contributed by atoms with E-state index in [0.29, 0.717) is 25.7 Å². The zero-order chi connectivity index (χ0) is 55.7. The highest BCUT2D eigenvalue weighted by molar-refractivity contribution is 5.71. The number of ether oxygens (including phenoxy) is 3. The Kier molecular flexibility index (Phi) is 60.4. The van der Waals surface area contributed by atoms with E-state index in [2.05, 4.69) is 154 Å². The van der Waals surface area contributed by atoms with Crippen LogP contribution < -0.4 is 0 Å². The third-order valence-electron chi connectivity index (χ3n) is 13.2. The predicted molar refractivity (Wildman–Crippen MR) is 334 cm³/mol. The van der Waals surface area contributed by atoms with Crippen molar-refractivity contribution in [2.75, 3.05) is 13.2 Å². The Balaban J connectivity index is 4.53. The number of rotatable bonds is 56. The van der Waals surface area contributed by atoms with Gasteiger partial charge in [0.25, 0.3) is 0 Å². The summed E-state index contributed by atoms with van der Waals surface area (Å²) in [6.45, 7) is 6.37. The average molecular weight is 1070 g/mol. The van der Waals surface area contributed by atoms with E-state index >= 15 is 0 Å². The van der Waals surface area contributed by atoms with Crippen molar-refractivity contribution in [1.29, 1.82) is 0 Å². The first-order valence-electron chi connectivity index (χ1n) is 31.7. The summed E-state index contributed by atoms with van der Waals surface area (Å²) in [6, 6.07) is 0. The Morgan fingerprint density at radius 2 is 0.506 bits per heavy atom. The molecule has 0 aliphatic rings. The maximum Gasteiger partial charge on any atom is 0.306 e. The minimum atomic E-state index is -0.819. The number of unbranched alkanes of at least 4 members (excludes halogenated alkanes) is 23. The van der Waals surface area contributed by atoms with E-state index in [1.54, 1.807) is 0 Å². The molecule has 0 radical (unpaired) electrons. The molecule has 0 aliphatic carbocycles. The highest BCUT2D eigenvalue weighted by Gasteiger charge is 2.19. The van der Waals surface area contributed by atoms with Gasteiger partial charge in [0.15, 0.2) is 6.10 Å². The molecule has 0 saturated carbocycles. The number of esters is 3. The third-order valence-corrected chi connectivity index (χ3v) is 13.2. The van der Waals surface area contributed by atoms with E-state index in [-0.39, 0.29) is 37.5 Å². The third kappa shape index (κ3) is 62.3.